The van der Waals surface area contributed by atoms with Crippen molar-refractivity contribution >= 4 is 0 Å². The summed E-state index contributed by atoms with van der Waals surface area (Å²) < 4.78 is 0. The van der Waals surface area contributed by atoms with E-state index < -0.39 is 0 Å². The van der Waals surface area contributed by atoms with Crippen LogP contribution in [0.25, 0.3) is 0 Å². The fraction of sp³-hybridized carbons (Fsp3) is 1.00. The number of hydrogen-bond acceptors (Lipinski definition) is 0. The van der Waals surface area contributed by atoms with Crippen LogP contribution in [-0.4, -0.2) is 12.1 Å². The standard InChI is InChI=1S/C13H27N/c1-10(2)8-12-6-5-7-13(14-12)9-11(3)4/h10-14H,5-9H2,1-4H3/p+1/t12-,13+. The molecule has 0 bridgehead atoms. The number of quaternary nitrogens is 1. The van der Waals surface area contributed by atoms with Gasteiger partial charge >= 0.3 is 0 Å². The summed E-state index contributed by atoms with van der Waals surface area (Å²) >= 11 is 0. The maximum Gasteiger partial charge on any atom is 0.0863 e. The Morgan fingerprint density at radius 2 is 1.36 bits per heavy atom. The van der Waals surface area contributed by atoms with Crippen LogP contribution in [0.3, 0.4) is 0 Å². The molecule has 0 aliphatic carbocycles. The lowest BCUT2D eigenvalue weighted by atomic mass is 9.89. The Kier molecular flexibility index (Phi) is 4.94. The Bertz CT molecular complexity index is 135. The number of piperidine rings is 1. The van der Waals surface area contributed by atoms with Gasteiger partial charge in [-0.25, -0.2) is 0 Å². The zero-order valence-corrected chi connectivity index (χ0v) is 10.4. The van der Waals surface area contributed by atoms with Crippen LogP contribution in [-0.2, 0) is 0 Å². The van der Waals surface area contributed by atoms with Gasteiger partial charge in [-0.1, -0.05) is 27.7 Å². The Morgan fingerprint density at radius 3 is 1.71 bits per heavy atom. The van der Waals surface area contributed by atoms with E-state index in [1.165, 1.54) is 32.1 Å². The van der Waals surface area contributed by atoms with Crippen molar-refractivity contribution < 1.29 is 5.32 Å². The average molecular weight is 198 g/mol. The van der Waals surface area contributed by atoms with Crippen LogP contribution in [0, 0.1) is 11.8 Å². The SMILES string of the molecule is CC(C)C[C@H]1CCC[C@@H](CC(C)C)[NH2+]1. The van der Waals surface area contributed by atoms with E-state index in [9.17, 15) is 0 Å². The largest absolute Gasteiger partial charge is 0.341 e. The van der Waals surface area contributed by atoms with Crippen molar-refractivity contribution in [3.05, 3.63) is 0 Å². The van der Waals surface area contributed by atoms with Crippen LogP contribution in [0.5, 0.6) is 0 Å². The molecule has 2 atom stereocenters. The van der Waals surface area contributed by atoms with Crippen LogP contribution in [0.15, 0.2) is 0 Å². The van der Waals surface area contributed by atoms with Crippen molar-refractivity contribution in [2.75, 3.05) is 0 Å². The van der Waals surface area contributed by atoms with Gasteiger partial charge in [0, 0.05) is 12.8 Å². The Balaban J connectivity index is 2.28. The number of rotatable bonds is 4. The highest BCUT2D eigenvalue weighted by Crippen LogP contribution is 2.16. The first kappa shape index (κ1) is 12.0. The van der Waals surface area contributed by atoms with Crippen LogP contribution in [0.4, 0.5) is 0 Å². The molecule has 1 heteroatoms. The van der Waals surface area contributed by atoms with Crippen LogP contribution < -0.4 is 5.32 Å². The highest BCUT2D eigenvalue weighted by Gasteiger charge is 2.25. The maximum atomic E-state index is 2.67. The molecular weight excluding hydrogens is 170 g/mol. The first-order valence-electron chi connectivity index (χ1n) is 6.43. The summed E-state index contributed by atoms with van der Waals surface area (Å²) in [7, 11) is 0. The molecule has 84 valence electrons. The van der Waals surface area contributed by atoms with Gasteiger partial charge in [-0.15, -0.1) is 0 Å². The topological polar surface area (TPSA) is 16.6 Å². The Morgan fingerprint density at radius 1 is 0.929 bits per heavy atom. The van der Waals surface area contributed by atoms with E-state index >= 15 is 0 Å². The summed E-state index contributed by atoms with van der Waals surface area (Å²) in [6, 6.07) is 1.85. The van der Waals surface area contributed by atoms with Crippen molar-refractivity contribution in [3.63, 3.8) is 0 Å². The van der Waals surface area contributed by atoms with E-state index in [0.29, 0.717) is 0 Å². The minimum Gasteiger partial charge on any atom is -0.341 e. The lowest BCUT2D eigenvalue weighted by Gasteiger charge is -2.29. The molecule has 0 spiro atoms. The van der Waals surface area contributed by atoms with Gasteiger partial charge in [0.2, 0.25) is 0 Å². The van der Waals surface area contributed by atoms with Gasteiger partial charge in [0.05, 0.1) is 12.1 Å². The van der Waals surface area contributed by atoms with Crippen LogP contribution in [0.2, 0.25) is 0 Å². The molecule has 2 N–H and O–H groups in total. The van der Waals surface area contributed by atoms with E-state index in [1.54, 1.807) is 0 Å². The number of nitrogens with two attached hydrogens (primary N) is 1. The lowest BCUT2D eigenvalue weighted by Crippen LogP contribution is -2.96. The summed E-state index contributed by atoms with van der Waals surface area (Å²) in [6.07, 6.45) is 7.19. The minimum atomic E-state index is 0.869. The van der Waals surface area contributed by atoms with Gasteiger partial charge in [-0.05, 0) is 31.1 Å². The lowest BCUT2D eigenvalue weighted by molar-refractivity contribution is -0.732. The third kappa shape index (κ3) is 4.45. The molecule has 1 aliphatic rings. The van der Waals surface area contributed by atoms with Gasteiger partial charge in [-0.2, -0.15) is 0 Å². The van der Waals surface area contributed by atoms with E-state index in [2.05, 4.69) is 33.0 Å². The molecule has 0 aromatic rings. The molecule has 0 saturated carbocycles. The maximum absolute atomic E-state index is 2.67. The molecular formula is C13H28N+. The molecule has 1 fully saturated rings. The molecule has 1 nitrogen and oxygen atoms in total. The summed E-state index contributed by atoms with van der Waals surface area (Å²) in [5, 5.41) is 2.67. The van der Waals surface area contributed by atoms with E-state index in [4.69, 9.17) is 0 Å². The molecule has 0 aromatic heterocycles. The first-order chi connectivity index (χ1) is 6.58. The van der Waals surface area contributed by atoms with Gasteiger partial charge in [0.1, 0.15) is 0 Å². The van der Waals surface area contributed by atoms with E-state index in [-0.39, 0.29) is 0 Å². The minimum absolute atomic E-state index is 0.869. The third-order valence-corrected chi connectivity index (χ3v) is 3.24. The van der Waals surface area contributed by atoms with Crippen molar-refractivity contribution in [2.45, 2.75) is 71.9 Å². The number of hydrogen-bond donors (Lipinski definition) is 1. The second kappa shape index (κ2) is 5.75. The summed E-state index contributed by atoms with van der Waals surface area (Å²) in [6.45, 7) is 9.39. The summed E-state index contributed by atoms with van der Waals surface area (Å²) in [5.74, 6) is 1.74. The van der Waals surface area contributed by atoms with Crippen molar-refractivity contribution in [3.8, 4) is 0 Å². The third-order valence-electron chi connectivity index (χ3n) is 3.24. The van der Waals surface area contributed by atoms with E-state index in [1.807, 2.05) is 0 Å². The normalized spacial score (nSPS) is 28.7. The predicted molar refractivity (Wildman–Crippen MR) is 62.3 cm³/mol. The molecule has 14 heavy (non-hydrogen) atoms. The zero-order chi connectivity index (χ0) is 10.6. The quantitative estimate of drug-likeness (QED) is 0.715. The van der Waals surface area contributed by atoms with Crippen molar-refractivity contribution in [2.24, 2.45) is 11.8 Å². The van der Waals surface area contributed by atoms with Crippen molar-refractivity contribution in [1.29, 1.82) is 0 Å². The second-order valence-corrected chi connectivity index (χ2v) is 5.90. The van der Waals surface area contributed by atoms with Gasteiger partial charge < -0.3 is 5.32 Å². The fourth-order valence-corrected chi connectivity index (χ4v) is 2.82. The monoisotopic (exact) mass is 198 g/mol. The van der Waals surface area contributed by atoms with Gasteiger partial charge in [0.15, 0.2) is 0 Å². The highest BCUT2D eigenvalue weighted by molar-refractivity contribution is 4.68. The summed E-state index contributed by atoms with van der Waals surface area (Å²) in [5.41, 5.74) is 0. The summed E-state index contributed by atoms with van der Waals surface area (Å²) in [4.78, 5) is 0. The van der Waals surface area contributed by atoms with Gasteiger partial charge in [0.25, 0.3) is 0 Å². The average Bonchev–Trinajstić information content (AvgIpc) is 2.01. The zero-order valence-electron chi connectivity index (χ0n) is 10.4. The van der Waals surface area contributed by atoms with Crippen LogP contribution in [0.1, 0.15) is 59.8 Å². The van der Waals surface area contributed by atoms with E-state index in [0.717, 1.165) is 23.9 Å². The van der Waals surface area contributed by atoms with Crippen LogP contribution >= 0.6 is 0 Å². The first-order valence-corrected chi connectivity index (χ1v) is 6.43. The molecule has 0 unspecified atom stereocenters. The van der Waals surface area contributed by atoms with Crippen molar-refractivity contribution in [1.82, 2.24) is 0 Å². The molecule has 1 rings (SSSR count). The molecule has 0 amide bonds. The molecule has 1 heterocycles. The molecule has 1 saturated heterocycles. The fourth-order valence-electron chi connectivity index (χ4n) is 2.82. The highest BCUT2D eigenvalue weighted by atomic mass is 15.0. The molecule has 0 aromatic carbocycles. The Labute approximate surface area is 89.7 Å². The smallest absolute Gasteiger partial charge is 0.0863 e. The van der Waals surface area contributed by atoms with Gasteiger partial charge in [-0.3, -0.25) is 0 Å². The molecule has 0 radical (unpaired) electrons. The Hall–Kier alpha value is -0.0400. The molecule has 1 aliphatic heterocycles. The second-order valence-electron chi connectivity index (χ2n) is 5.90. The predicted octanol–water partition coefficient (Wildman–Crippen LogP) is 2.56.